The maximum atomic E-state index is 16.0. The third kappa shape index (κ3) is 10.2. The number of amides is 1. The van der Waals surface area contributed by atoms with Gasteiger partial charge >= 0.3 is 5.97 Å². The summed E-state index contributed by atoms with van der Waals surface area (Å²) in [4.78, 5) is 44.4. The number of alkyl halides is 1. The Morgan fingerprint density at radius 1 is 0.957 bits per heavy atom. The van der Waals surface area contributed by atoms with Crippen LogP contribution in [0.4, 0.5) is 4.39 Å². The van der Waals surface area contributed by atoms with Crippen molar-refractivity contribution in [3.63, 3.8) is 0 Å². The van der Waals surface area contributed by atoms with Crippen molar-refractivity contribution in [2.45, 2.75) is 205 Å². The van der Waals surface area contributed by atoms with Crippen molar-refractivity contribution in [2.75, 3.05) is 33.7 Å². The molecule has 3 unspecified atom stereocenters. The quantitative estimate of drug-likeness (QED) is 0.122. The first-order valence-electron chi connectivity index (χ1n) is 26.1. The minimum Gasteiger partial charge on any atom is -0.459 e. The molecule has 5 fully saturated rings. The maximum Gasteiger partial charge on any atom is 0.311 e. The highest BCUT2D eigenvalue weighted by atomic mass is 19.1. The zero-order valence-electron chi connectivity index (χ0n) is 44.0. The van der Waals surface area contributed by atoms with Crippen LogP contribution >= 0.6 is 0 Å². The number of ketones is 1. The van der Waals surface area contributed by atoms with Gasteiger partial charge in [-0.2, -0.15) is 0 Å². The summed E-state index contributed by atoms with van der Waals surface area (Å²) in [7, 11) is 3.70. The molecule has 17 heteroatoms. The van der Waals surface area contributed by atoms with E-state index in [9.17, 15) is 50.1 Å². The smallest absolute Gasteiger partial charge is 0.311 e. The lowest BCUT2D eigenvalue weighted by molar-refractivity contribution is -0.299. The van der Waals surface area contributed by atoms with Crippen LogP contribution in [0.5, 0.6) is 0 Å². The molecule has 6 rings (SSSR count). The highest BCUT2D eigenvalue weighted by Gasteiger charge is 2.71. The topological polar surface area (TPSA) is 239 Å². The molecule has 70 heavy (non-hydrogen) atoms. The van der Waals surface area contributed by atoms with E-state index in [2.05, 4.69) is 5.32 Å². The van der Waals surface area contributed by atoms with Gasteiger partial charge in [-0.1, -0.05) is 47.6 Å². The Morgan fingerprint density at radius 2 is 1.61 bits per heavy atom. The first kappa shape index (κ1) is 56.9. The van der Waals surface area contributed by atoms with E-state index in [1.807, 2.05) is 58.5 Å². The van der Waals surface area contributed by atoms with Crippen molar-refractivity contribution >= 4 is 17.7 Å². The van der Waals surface area contributed by atoms with Gasteiger partial charge in [0.05, 0.1) is 35.9 Å². The third-order valence-corrected chi connectivity index (χ3v) is 18.6. The summed E-state index contributed by atoms with van der Waals surface area (Å²) in [6.45, 7) is 19.6. The van der Waals surface area contributed by atoms with E-state index in [1.54, 1.807) is 33.8 Å². The Kier molecular flexibility index (Phi) is 17.1. The van der Waals surface area contributed by atoms with Crippen LogP contribution in [-0.2, 0) is 28.6 Å². The summed E-state index contributed by atoms with van der Waals surface area (Å²) in [5.74, 6) is -5.63. The summed E-state index contributed by atoms with van der Waals surface area (Å²) in [6, 6.07) is -1.09. The second kappa shape index (κ2) is 21.1. The number of halogens is 1. The molecular weight excluding hydrogens is 906 g/mol. The highest BCUT2D eigenvalue weighted by molar-refractivity contribution is 6.01. The van der Waals surface area contributed by atoms with Gasteiger partial charge in [0, 0.05) is 54.4 Å². The molecule has 0 aromatic rings. The van der Waals surface area contributed by atoms with Crippen molar-refractivity contribution in [3.8, 4) is 0 Å². The number of rotatable bonds is 9. The molecule has 400 valence electrons. The van der Waals surface area contributed by atoms with Crippen LogP contribution in [0, 0.1) is 52.3 Å². The molecule has 1 amide bonds. The van der Waals surface area contributed by atoms with E-state index >= 15 is 4.39 Å². The fourth-order valence-corrected chi connectivity index (χ4v) is 14.7. The van der Waals surface area contributed by atoms with Crippen LogP contribution in [0.25, 0.3) is 0 Å². The minimum atomic E-state index is -1.96. The van der Waals surface area contributed by atoms with Gasteiger partial charge in [0.25, 0.3) is 5.91 Å². The molecule has 0 bridgehead atoms. The lowest BCUT2D eigenvalue weighted by Gasteiger charge is -2.60. The predicted octanol–water partition coefficient (Wildman–Crippen LogP) is 3.06. The van der Waals surface area contributed by atoms with Crippen molar-refractivity contribution in [2.24, 2.45) is 52.3 Å². The lowest BCUT2D eigenvalue weighted by atomic mass is 9.46. The Labute approximate surface area is 415 Å². The third-order valence-electron chi connectivity index (χ3n) is 18.6. The molecule has 0 radical (unpaired) electrons. The summed E-state index contributed by atoms with van der Waals surface area (Å²) in [6.07, 6.45) is -3.93. The van der Waals surface area contributed by atoms with Gasteiger partial charge in [-0.25, -0.2) is 4.39 Å². The van der Waals surface area contributed by atoms with Gasteiger partial charge in [0.2, 0.25) is 0 Å². The number of fused-ring (bicyclic) bond motifs is 5. The lowest BCUT2D eigenvalue weighted by Crippen LogP contribution is -2.65. The first-order chi connectivity index (χ1) is 32.4. The van der Waals surface area contributed by atoms with E-state index in [1.165, 1.54) is 26.0 Å². The predicted molar refractivity (Wildman–Crippen MR) is 259 cm³/mol. The molecule has 16 nitrogen and oxygen atoms in total. The molecule has 0 spiro atoms. The van der Waals surface area contributed by atoms with Gasteiger partial charge in [0.1, 0.15) is 30.1 Å². The number of carbonyl (C=O) groups excluding carboxylic acids is 3. The van der Waals surface area contributed by atoms with Crippen molar-refractivity contribution in [1.29, 1.82) is 0 Å². The Balaban J connectivity index is 1.22. The molecular formula is C53H88FN3O13. The summed E-state index contributed by atoms with van der Waals surface area (Å²) >= 11 is 0. The SMILES string of the molecule is CC[C@H]1OC(=O)[C@H](C)[C@@H](O)[C@H](C)[C@@H](O[C@@H]2O[C@H](C)C[C@@H](N(C)C)[C@H]2O)[C@](C)(O)C[C@@H](C)CN(CCCNC(=O)[C@@]2(O)[C@H](C)CC3C4C[C@H](F)C5=CC(=O)C=C[C@]5(C)C4[C@@H](O)C[C@@]32C)[C@H](C)[C@@H](O)[C@]1(C)O. The van der Waals surface area contributed by atoms with Crippen molar-refractivity contribution in [1.82, 2.24) is 15.1 Å². The largest absolute Gasteiger partial charge is 0.459 e. The second-order valence-electron chi connectivity index (χ2n) is 24.0. The van der Waals surface area contributed by atoms with Crippen LogP contribution in [0.2, 0.25) is 0 Å². The summed E-state index contributed by atoms with van der Waals surface area (Å²) in [5, 5.41) is 87.3. The molecule has 8 N–H and O–H groups in total. The molecule has 6 aliphatic rings. The van der Waals surface area contributed by atoms with E-state index in [-0.39, 0.29) is 81.0 Å². The van der Waals surface area contributed by atoms with Crippen LogP contribution in [-0.4, -0.2) is 181 Å². The monoisotopic (exact) mass is 994 g/mol. The number of aliphatic hydroxyl groups is 7. The number of esters is 1. The van der Waals surface area contributed by atoms with Crippen LogP contribution in [0.3, 0.4) is 0 Å². The summed E-state index contributed by atoms with van der Waals surface area (Å²) < 4.78 is 34.6. The molecule has 2 heterocycles. The molecule has 2 saturated heterocycles. The second-order valence-corrected chi connectivity index (χ2v) is 24.0. The van der Waals surface area contributed by atoms with Gasteiger partial charge in [-0.15, -0.1) is 0 Å². The number of cyclic esters (lactones) is 1. The number of nitrogens with zero attached hydrogens (tertiary/aromatic N) is 2. The maximum absolute atomic E-state index is 16.0. The average Bonchev–Trinajstić information content (AvgIpc) is 3.48. The van der Waals surface area contributed by atoms with E-state index in [0.717, 1.165) is 0 Å². The first-order valence-corrected chi connectivity index (χ1v) is 26.1. The number of likely N-dealkylation sites (N-methyl/N-ethyl adjacent to an activating group) is 1. The molecule has 2 aliphatic heterocycles. The minimum absolute atomic E-state index is 0.0826. The van der Waals surface area contributed by atoms with Crippen LogP contribution in [0.15, 0.2) is 23.8 Å². The standard InChI is InChI=1S/C53H88FN3O13/c1-14-40-52(11,66)44(62)32(7)57(26-27(2)24-51(10,65)45(30(5)42(60)31(6)46(63)69-40)70-47-43(61)38(56(12)13)21-29(4)68-47)19-15-18-55-48(64)53(67)28(3)20-35-34-23-37(54)36-22-33(58)16-17-49(36,8)41(34)39(59)25-50(35,53)9/h16-17,22,27-32,34-35,37-45,47,59-62,65-67H,14-15,18-21,23-26H2,1-13H3,(H,55,64)/t27-,28-,29-,30+,31-,32-,34?,35?,37+,38-,39+,40-,41?,42+,43-,44-,45-,47+,49+,50+,51-,52-,53+/m1/s1. The Morgan fingerprint density at radius 3 is 2.24 bits per heavy atom. The summed E-state index contributed by atoms with van der Waals surface area (Å²) in [5.41, 5.74) is -7.13. The molecule has 0 aromatic carbocycles. The number of allylic oxidation sites excluding steroid dienone is 4. The Bertz CT molecular complexity index is 1950. The van der Waals surface area contributed by atoms with Gasteiger partial charge in [0.15, 0.2) is 17.7 Å². The van der Waals surface area contributed by atoms with Gasteiger partial charge in [-0.05, 0) is 135 Å². The van der Waals surface area contributed by atoms with Crippen LogP contribution < -0.4 is 5.32 Å². The number of carbonyl (C=O) groups is 3. The highest BCUT2D eigenvalue weighted by Crippen LogP contribution is 2.68. The van der Waals surface area contributed by atoms with Gasteiger partial charge < -0.3 is 60.2 Å². The van der Waals surface area contributed by atoms with Gasteiger partial charge in [-0.3, -0.25) is 19.3 Å². The van der Waals surface area contributed by atoms with E-state index in [0.29, 0.717) is 24.8 Å². The number of hydrogen-bond acceptors (Lipinski definition) is 15. The molecule has 23 atom stereocenters. The number of aliphatic hydroxyl groups excluding tert-OH is 4. The molecule has 4 aliphatic carbocycles. The normalized spacial score (nSPS) is 49.7. The number of nitrogens with one attached hydrogen (secondary N) is 1. The Hall–Kier alpha value is -2.42. The molecule has 3 saturated carbocycles. The van der Waals surface area contributed by atoms with E-state index < -0.39 is 118 Å². The fourth-order valence-electron chi connectivity index (χ4n) is 14.7. The fraction of sp³-hybridized carbons (Fsp3) is 0.868. The van der Waals surface area contributed by atoms with Crippen LogP contribution in [0.1, 0.15) is 121 Å². The number of hydrogen-bond donors (Lipinski definition) is 8. The zero-order valence-corrected chi connectivity index (χ0v) is 44.0. The number of ether oxygens (including phenoxy) is 3. The zero-order chi connectivity index (χ0) is 52.4. The van der Waals surface area contributed by atoms with Crippen molar-refractivity contribution < 1.29 is 68.7 Å². The average molecular weight is 994 g/mol. The van der Waals surface area contributed by atoms with Crippen molar-refractivity contribution in [3.05, 3.63) is 23.8 Å². The van der Waals surface area contributed by atoms with E-state index in [4.69, 9.17) is 14.2 Å². The molecule has 0 aromatic heterocycles.